The molecule has 1 N–H and O–H groups in total. The van der Waals surface area contributed by atoms with Crippen LogP contribution in [0.5, 0.6) is 5.88 Å². The second-order valence-electron chi connectivity index (χ2n) is 8.31. The minimum atomic E-state index is -4.60. The summed E-state index contributed by atoms with van der Waals surface area (Å²) in [6.45, 7) is 5.69. The fourth-order valence-corrected chi connectivity index (χ4v) is 3.87. The van der Waals surface area contributed by atoms with E-state index < -0.39 is 28.7 Å². The Morgan fingerprint density at radius 3 is 2.49 bits per heavy atom. The first-order valence-corrected chi connectivity index (χ1v) is 12.5. The van der Waals surface area contributed by atoms with E-state index in [0.29, 0.717) is 28.8 Å². The molecule has 1 atom stereocenters. The highest BCUT2D eigenvalue weighted by atomic mass is 32.2. The molecule has 0 bridgehead atoms. The summed E-state index contributed by atoms with van der Waals surface area (Å²) in [5.41, 5.74) is 1.17. The maximum absolute atomic E-state index is 13.1. The van der Waals surface area contributed by atoms with E-state index in [9.17, 15) is 26.4 Å². The van der Waals surface area contributed by atoms with E-state index in [2.05, 4.69) is 17.2 Å². The van der Waals surface area contributed by atoms with Gasteiger partial charge in [0.1, 0.15) is 5.69 Å². The Hall–Kier alpha value is -2.82. The number of carbonyl (C=O) groups excluding carboxylic acids is 1. The van der Waals surface area contributed by atoms with Gasteiger partial charge in [-0.15, -0.1) is 0 Å². The third kappa shape index (κ3) is 8.12. The summed E-state index contributed by atoms with van der Waals surface area (Å²) in [5, 5.41) is 2.73. The molecule has 0 fully saturated rings. The van der Waals surface area contributed by atoms with Crippen molar-refractivity contribution in [1.29, 1.82) is 0 Å². The van der Waals surface area contributed by atoms with Gasteiger partial charge in [0.05, 0.1) is 18.2 Å². The summed E-state index contributed by atoms with van der Waals surface area (Å²) in [6.07, 6.45) is -0.979. The number of carbonyl (C=O) groups is 1. The van der Waals surface area contributed by atoms with Gasteiger partial charge in [-0.25, -0.2) is 13.4 Å². The molecule has 0 aliphatic heterocycles. The normalized spacial score (nSPS) is 12.5. The molecule has 194 valence electrons. The van der Waals surface area contributed by atoms with Crippen molar-refractivity contribution in [3.8, 4) is 5.88 Å². The van der Waals surface area contributed by atoms with E-state index in [1.165, 1.54) is 13.1 Å². The first-order valence-electron chi connectivity index (χ1n) is 11.4. The highest BCUT2D eigenvalue weighted by Crippen LogP contribution is 2.30. The van der Waals surface area contributed by atoms with Crippen molar-refractivity contribution in [2.75, 3.05) is 18.0 Å². The Morgan fingerprint density at radius 2 is 1.89 bits per heavy atom. The standard InChI is InChI=1S/C24H32F3N3O4S/c1-5-6-7-8-13-34-23-19(10-12-21(29-23)24(25,26)27)15-28-22(31)17(3)18-9-11-20(16(2)14-18)30(4)35(32)33/h9-12,14,17,35H,5-8,13,15H2,1-4H3,(H,28,31). The molecule has 1 aromatic carbocycles. The van der Waals surface area contributed by atoms with Crippen LogP contribution in [0.25, 0.3) is 0 Å². The lowest BCUT2D eigenvalue weighted by Gasteiger charge is -2.18. The molecule has 0 spiro atoms. The summed E-state index contributed by atoms with van der Waals surface area (Å²) in [6, 6.07) is 7.17. The fraction of sp³-hybridized carbons (Fsp3) is 0.500. The second kappa shape index (κ2) is 12.8. The molecule has 11 heteroatoms. The van der Waals surface area contributed by atoms with Crippen molar-refractivity contribution >= 4 is 22.5 Å². The van der Waals surface area contributed by atoms with E-state index in [1.807, 2.05) is 0 Å². The number of rotatable bonds is 12. The first kappa shape index (κ1) is 28.4. The maximum atomic E-state index is 13.1. The SMILES string of the molecule is CCCCCCOc1nc(C(F)(F)F)ccc1CNC(=O)C(C)c1ccc(N(C)[SH](=O)=O)c(C)c1. The van der Waals surface area contributed by atoms with Gasteiger partial charge >= 0.3 is 6.18 Å². The zero-order valence-corrected chi connectivity index (χ0v) is 21.2. The summed E-state index contributed by atoms with van der Waals surface area (Å²) >= 11 is 0. The number of ether oxygens (including phenoxy) is 1. The molecule has 0 radical (unpaired) electrons. The number of pyridine rings is 1. The maximum Gasteiger partial charge on any atom is 0.433 e. The number of thiol groups is 1. The van der Waals surface area contributed by atoms with E-state index in [-0.39, 0.29) is 24.9 Å². The number of aromatic nitrogens is 1. The van der Waals surface area contributed by atoms with Gasteiger partial charge in [-0.1, -0.05) is 38.3 Å². The first-order chi connectivity index (χ1) is 16.5. The number of nitrogens with zero attached hydrogens (tertiary/aromatic N) is 2. The van der Waals surface area contributed by atoms with Gasteiger partial charge in [-0.05, 0) is 49.6 Å². The van der Waals surface area contributed by atoms with Gasteiger partial charge in [0.25, 0.3) is 0 Å². The van der Waals surface area contributed by atoms with Crippen LogP contribution in [-0.2, 0) is 28.4 Å². The Bertz CT molecular complexity index is 1080. The van der Waals surface area contributed by atoms with E-state index in [4.69, 9.17) is 4.74 Å². The fourth-order valence-electron chi connectivity index (χ4n) is 3.47. The minimum absolute atomic E-state index is 0.0466. The molecule has 7 nitrogen and oxygen atoms in total. The van der Waals surface area contributed by atoms with Crippen LogP contribution in [0.3, 0.4) is 0 Å². The highest BCUT2D eigenvalue weighted by molar-refractivity contribution is 7.74. The van der Waals surface area contributed by atoms with Crippen LogP contribution in [0.15, 0.2) is 30.3 Å². The number of alkyl halides is 3. The lowest BCUT2D eigenvalue weighted by molar-refractivity contribution is -0.141. The molecule has 2 rings (SSSR count). The zero-order valence-electron chi connectivity index (χ0n) is 20.3. The summed E-state index contributed by atoms with van der Waals surface area (Å²) < 4.78 is 68.5. The van der Waals surface area contributed by atoms with Gasteiger partial charge in [-0.2, -0.15) is 13.2 Å². The molecule has 1 amide bonds. The van der Waals surface area contributed by atoms with Gasteiger partial charge < -0.3 is 10.1 Å². The Labute approximate surface area is 205 Å². The molecule has 1 heterocycles. The van der Waals surface area contributed by atoms with Crippen LogP contribution in [-0.4, -0.2) is 33.0 Å². The minimum Gasteiger partial charge on any atom is -0.477 e. The number of nitrogens with one attached hydrogen (secondary N) is 1. The summed E-state index contributed by atoms with van der Waals surface area (Å²) in [4.78, 5) is 16.4. The quantitative estimate of drug-likeness (QED) is 0.315. The van der Waals surface area contributed by atoms with Crippen LogP contribution in [0.1, 0.15) is 67.8 Å². The molecule has 0 aliphatic rings. The molecule has 35 heavy (non-hydrogen) atoms. The monoisotopic (exact) mass is 515 g/mol. The molecule has 0 aliphatic carbocycles. The smallest absolute Gasteiger partial charge is 0.433 e. The number of hydrogen-bond donors (Lipinski definition) is 2. The third-order valence-corrected chi connectivity index (χ3v) is 6.33. The summed E-state index contributed by atoms with van der Waals surface area (Å²) in [5.74, 6) is -1.05. The number of amides is 1. The van der Waals surface area contributed by atoms with Crippen molar-refractivity contribution in [3.63, 3.8) is 0 Å². The highest BCUT2D eigenvalue weighted by Gasteiger charge is 2.33. The predicted octanol–water partition coefficient (Wildman–Crippen LogP) is 4.75. The lowest BCUT2D eigenvalue weighted by Crippen LogP contribution is -2.28. The Morgan fingerprint density at radius 1 is 1.17 bits per heavy atom. The molecule has 1 aromatic heterocycles. The van der Waals surface area contributed by atoms with Crippen LogP contribution >= 0.6 is 0 Å². The lowest BCUT2D eigenvalue weighted by atomic mass is 9.97. The Kier molecular flexibility index (Phi) is 10.4. The van der Waals surface area contributed by atoms with Crippen molar-refractivity contribution in [2.45, 2.75) is 65.1 Å². The largest absolute Gasteiger partial charge is 0.477 e. The van der Waals surface area contributed by atoms with Gasteiger partial charge in [0, 0.05) is 19.2 Å². The van der Waals surface area contributed by atoms with Gasteiger partial charge in [0.15, 0.2) is 0 Å². The zero-order chi connectivity index (χ0) is 26.2. The van der Waals surface area contributed by atoms with Gasteiger partial charge in [-0.3, -0.25) is 9.10 Å². The molecule has 2 aromatic rings. The second-order valence-corrected chi connectivity index (χ2v) is 9.39. The van der Waals surface area contributed by atoms with Gasteiger partial charge in [0.2, 0.25) is 22.7 Å². The van der Waals surface area contributed by atoms with Crippen molar-refractivity contribution in [3.05, 3.63) is 52.7 Å². The van der Waals surface area contributed by atoms with Crippen molar-refractivity contribution in [1.82, 2.24) is 10.3 Å². The van der Waals surface area contributed by atoms with E-state index in [1.54, 1.807) is 32.0 Å². The van der Waals surface area contributed by atoms with Crippen molar-refractivity contribution in [2.24, 2.45) is 0 Å². The van der Waals surface area contributed by atoms with Crippen LogP contribution < -0.4 is 14.4 Å². The predicted molar refractivity (Wildman–Crippen MR) is 129 cm³/mol. The number of unbranched alkanes of at least 4 members (excludes halogenated alkanes) is 3. The average molecular weight is 516 g/mol. The molecular formula is C24H32F3N3O4S. The van der Waals surface area contributed by atoms with Crippen LogP contribution in [0, 0.1) is 6.92 Å². The Balaban J connectivity index is 2.12. The topological polar surface area (TPSA) is 88.6 Å². The number of anilines is 1. The number of hydrogen-bond acceptors (Lipinski definition) is 5. The van der Waals surface area contributed by atoms with Crippen molar-refractivity contribution < 1.29 is 31.1 Å². The number of benzene rings is 1. The summed E-state index contributed by atoms with van der Waals surface area (Å²) in [7, 11) is -1.34. The van der Waals surface area contributed by atoms with Crippen LogP contribution in [0.2, 0.25) is 0 Å². The molecule has 0 saturated carbocycles. The third-order valence-electron chi connectivity index (χ3n) is 5.63. The van der Waals surface area contributed by atoms with E-state index >= 15 is 0 Å². The van der Waals surface area contributed by atoms with E-state index in [0.717, 1.165) is 29.6 Å². The number of halogens is 3. The molecule has 0 saturated heterocycles. The average Bonchev–Trinajstić information content (AvgIpc) is 2.81. The molecular weight excluding hydrogens is 483 g/mol. The molecule has 1 unspecified atom stereocenters. The van der Waals surface area contributed by atoms with Crippen LogP contribution in [0.4, 0.5) is 18.9 Å². The number of aryl methyl sites for hydroxylation is 1.